The summed E-state index contributed by atoms with van der Waals surface area (Å²) in [5, 5.41) is 15.5. The Bertz CT molecular complexity index is 556. The largest absolute Gasteiger partial charge is 0.360 e. The van der Waals surface area contributed by atoms with Crippen LogP contribution in [0.25, 0.3) is 0 Å². The highest BCUT2D eigenvalue weighted by molar-refractivity contribution is 5.97. The molecular weight excluding hydrogens is 256 g/mol. The van der Waals surface area contributed by atoms with Gasteiger partial charge in [-0.05, 0) is 6.92 Å². The molecule has 0 aliphatic rings. The van der Waals surface area contributed by atoms with E-state index in [1.807, 2.05) is 6.07 Å². The van der Waals surface area contributed by atoms with Crippen LogP contribution in [0.3, 0.4) is 0 Å². The van der Waals surface area contributed by atoms with Gasteiger partial charge >= 0.3 is 0 Å². The van der Waals surface area contributed by atoms with Crippen LogP contribution in [0, 0.1) is 18.3 Å². The Balaban J connectivity index is 2.82. The van der Waals surface area contributed by atoms with Gasteiger partial charge in [0.05, 0.1) is 0 Å². The van der Waals surface area contributed by atoms with Crippen LogP contribution in [0.1, 0.15) is 5.76 Å². The number of hydrogen-bond donors (Lipinski definition) is 1. The predicted octanol–water partition coefficient (Wildman–Crippen LogP) is 2.00. The molecule has 6 nitrogen and oxygen atoms in total. The molecule has 0 saturated carbocycles. The van der Waals surface area contributed by atoms with Gasteiger partial charge in [0, 0.05) is 25.4 Å². The summed E-state index contributed by atoms with van der Waals surface area (Å²) in [6, 6.07) is 3.51. The van der Waals surface area contributed by atoms with Crippen molar-refractivity contribution < 1.29 is 9.32 Å². The molecule has 0 unspecified atom stereocenters. The van der Waals surface area contributed by atoms with Crippen LogP contribution in [0.2, 0.25) is 0 Å². The fourth-order valence-electron chi connectivity index (χ4n) is 1.44. The average Bonchev–Trinajstić information content (AvgIpc) is 2.84. The Hall–Kier alpha value is -2.81. The highest BCUT2D eigenvalue weighted by atomic mass is 16.5. The zero-order valence-electron chi connectivity index (χ0n) is 11.3. The number of carbonyl (C=O) groups is 1. The Morgan fingerprint density at radius 2 is 2.20 bits per heavy atom. The van der Waals surface area contributed by atoms with E-state index < -0.39 is 5.91 Å². The van der Waals surface area contributed by atoms with Gasteiger partial charge in [0.1, 0.15) is 17.4 Å². The van der Waals surface area contributed by atoms with Gasteiger partial charge in [-0.2, -0.15) is 5.26 Å². The first-order chi connectivity index (χ1) is 9.62. The molecule has 104 valence electrons. The van der Waals surface area contributed by atoms with Crippen LogP contribution in [0.5, 0.6) is 0 Å². The molecule has 0 aliphatic heterocycles. The van der Waals surface area contributed by atoms with Crippen molar-refractivity contribution in [1.29, 1.82) is 5.26 Å². The highest BCUT2D eigenvalue weighted by Crippen LogP contribution is 2.08. The molecule has 0 fully saturated rings. The minimum atomic E-state index is -0.403. The van der Waals surface area contributed by atoms with E-state index in [4.69, 9.17) is 9.78 Å². The maximum Gasteiger partial charge on any atom is 0.266 e. The molecule has 0 aliphatic carbocycles. The van der Waals surface area contributed by atoms with Gasteiger partial charge < -0.3 is 14.7 Å². The van der Waals surface area contributed by atoms with Gasteiger partial charge in [0.15, 0.2) is 5.82 Å². The molecule has 0 saturated heterocycles. The van der Waals surface area contributed by atoms with Gasteiger partial charge in [-0.15, -0.1) is 13.2 Å². The van der Waals surface area contributed by atoms with Crippen molar-refractivity contribution >= 4 is 11.7 Å². The van der Waals surface area contributed by atoms with E-state index in [0.717, 1.165) is 0 Å². The highest BCUT2D eigenvalue weighted by Gasteiger charge is 2.16. The zero-order chi connectivity index (χ0) is 15.0. The lowest BCUT2D eigenvalue weighted by atomic mass is 10.2. The maximum absolute atomic E-state index is 12.1. The minimum Gasteiger partial charge on any atom is -0.360 e. The molecule has 0 atom stereocenters. The summed E-state index contributed by atoms with van der Waals surface area (Å²) in [7, 11) is 0. The van der Waals surface area contributed by atoms with Gasteiger partial charge in [-0.25, -0.2) is 0 Å². The smallest absolute Gasteiger partial charge is 0.266 e. The lowest BCUT2D eigenvalue weighted by molar-refractivity contribution is -0.125. The van der Waals surface area contributed by atoms with Crippen molar-refractivity contribution in [3.63, 3.8) is 0 Å². The van der Waals surface area contributed by atoms with Crippen molar-refractivity contribution in [3.8, 4) is 6.07 Å². The topological polar surface area (TPSA) is 82.2 Å². The number of aromatic nitrogens is 1. The van der Waals surface area contributed by atoms with Crippen LogP contribution in [-0.2, 0) is 4.79 Å². The molecule has 1 amide bonds. The summed E-state index contributed by atoms with van der Waals surface area (Å²) in [4.78, 5) is 13.6. The minimum absolute atomic E-state index is 0.0330. The third kappa shape index (κ3) is 4.14. The van der Waals surface area contributed by atoms with Crippen LogP contribution in [0.4, 0.5) is 5.82 Å². The molecule has 1 N–H and O–H groups in total. The Labute approximate surface area is 117 Å². The van der Waals surface area contributed by atoms with Crippen LogP contribution >= 0.6 is 0 Å². The fourth-order valence-corrected chi connectivity index (χ4v) is 1.44. The lowest BCUT2D eigenvalue weighted by Gasteiger charge is -2.18. The van der Waals surface area contributed by atoms with E-state index in [2.05, 4.69) is 23.6 Å². The molecule has 1 rings (SSSR count). The van der Waals surface area contributed by atoms with Crippen LogP contribution < -0.4 is 5.32 Å². The molecular formula is C14H16N4O2. The summed E-state index contributed by atoms with van der Waals surface area (Å²) in [5.74, 6) is 0.660. The SMILES string of the molecule is C=CCN(CC=C)C(=O)/C(C#N)=C\Nc1cc(C)on1. The number of aryl methyl sites for hydroxylation is 1. The van der Waals surface area contributed by atoms with Gasteiger partial charge in [0.25, 0.3) is 5.91 Å². The lowest BCUT2D eigenvalue weighted by Crippen LogP contribution is -2.32. The molecule has 6 heteroatoms. The molecule has 0 radical (unpaired) electrons. The first kappa shape index (κ1) is 15.2. The van der Waals surface area contributed by atoms with E-state index in [0.29, 0.717) is 24.7 Å². The summed E-state index contributed by atoms with van der Waals surface area (Å²) in [5.41, 5.74) is -0.0330. The first-order valence-electron chi connectivity index (χ1n) is 5.93. The Kier molecular flexibility index (Phi) is 5.78. The Morgan fingerprint density at radius 1 is 1.55 bits per heavy atom. The summed E-state index contributed by atoms with van der Waals surface area (Å²) < 4.78 is 4.87. The monoisotopic (exact) mass is 272 g/mol. The average molecular weight is 272 g/mol. The number of nitrogens with one attached hydrogen (secondary N) is 1. The van der Waals surface area contributed by atoms with Gasteiger partial charge in [-0.1, -0.05) is 17.3 Å². The molecule has 1 heterocycles. The second kappa shape index (κ2) is 7.59. The standard InChI is InChI=1S/C14H16N4O2/c1-4-6-18(7-5-2)14(19)12(9-15)10-16-13-8-11(3)20-17-13/h4-5,8,10H,1-2,6-7H2,3H3,(H,16,17)/b12-10-. The molecule has 1 aromatic rings. The van der Waals surface area contributed by atoms with Gasteiger partial charge in [0.2, 0.25) is 0 Å². The van der Waals surface area contributed by atoms with Crippen LogP contribution in [-0.4, -0.2) is 29.1 Å². The van der Waals surface area contributed by atoms with E-state index in [1.165, 1.54) is 11.1 Å². The molecule has 1 aromatic heterocycles. The number of nitrogens with zero attached hydrogens (tertiary/aromatic N) is 3. The third-order valence-electron chi connectivity index (χ3n) is 2.33. The predicted molar refractivity (Wildman–Crippen MR) is 75.5 cm³/mol. The number of hydrogen-bond acceptors (Lipinski definition) is 5. The van der Waals surface area contributed by atoms with Crippen molar-refractivity contribution in [3.05, 3.63) is 48.9 Å². The summed E-state index contributed by atoms with van der Waals surface area (Å²) >= 11 is 0. The molecule has 0 spiro atoms. The van der Waals surface area contributed by atoms with Crippen molar-refractivity contribution in [2.24, 2.45) is 0 Å². The summed E-state index contributed by atoms with van der Waals surface area (Å²) in [6.07, 6.45) is 4.48. The number of carbonyl (C=O) groups excluding carboxylic acids is 1. The van der Waals surface area contributed by atoms with E-state index in [1.54, 1.807) is 25.1 Å². The Morgan fingerprint density at radius 3 is 2.65 bits per heavy atom. The number of anilines is 1. The quantitative estimate of drug-likeness (QED) is 0.466. The number of amides is 1. The van der Waals surface area contributed by atoms with E-state index >= 15 is 0 Å². The first-order valence-corrected chi connectivity index (χ1v) is 5.93. The van der Waals surface area contributed by atoms with E-state index in [9.17, 15) is 4.79 Å². The fraction of sp³-hybridized carbons (Fsp3) is 0.214. The molecule has 0 aromatic carbocycles. The zero-order valence-corrected chi connectivity index (χ0v) is 11.3. The van der Waals surface area contributed by atoms with Crippen LogP contribution in [0.15, 0.2) is 47.7 Å². The third-order valence-corrected chi connectivity index (χ3v) is 2.33. The van der Waals surface area contributed by atoms with Gasteiger partial charge in [-0.3, -0.25) is 4.79 Å². The second-order valence-electron chi connectivity index (χ2n) is 3.92. The maximum atomic E-state index is 12.1. The molecule has 0 bridgehead atoms. The normalized spacial score (nSPS) is 10.5. The second-order valence-corrected chi connectivity index (χ2v) is 3.92. The van der Waals surface area contributed by atoms with Crippen molar-refractivity contribution in [2.75, 3.05) is 18.4 Å². The summed E-state index contributed by atoms with van der Waals surface area (Å²) in [6.45, 7) is 9.58. The number of nitriles is 1. The van der Waals surface area contributed by atoms with Crippen molar-refractivity contribution in [2.45, 2.75) is 6.92 Å². The van der Waals surface area contributed by atoms with E-state index in [-0.39, 0.29) is 5.57 Å². The van der Waals surface area contributed by atoms with Crippen molar-refractivity contribution in [1.82, 2.24) is 10.1 Å². The number of rotatable bonds is 7. The molecule has 20 heavy (non-hydrogen) atoms.